The van der Waals surface area contributed by atoms with Crippen LogP contribution in [0.3, 0.4) is 0 Å². The molecule has 0 atom stereocenters. The van der Waals surface area contributed by atoms with Crippen molar-refractivity contribution in [3.63, 3.8) is 0 Å². The Kier molecular flexibility index (Phi) is 4.23. The molecule has 0 radical (unpaired) electrons. The van der Waals surface area contributed by atoms with E-state index in [0.29, 0.717) is 5.56 Å². The number of pyridine rings is 1. The molecule has 0 N–H and O–H groups in total. The van der Waals surface area contributed by atoms with Crippen LogP contribution in [0, 0.1) is 11.3 Å². The first-order valence-corrected chi connectivity index (χ1v) is 8.12. The maximum atomic E-state index is 9.25. The molecule has 0 unspecified atom stereocenters. The smallest absolute Gasteiger partial charge is 0.146 e. The summed E-state index contributed by atoms with van der Waals surface area (Å²) in [6.45, 7) is 4.55. The maximum Gasteiger partial charge on any atom is 0.146 e. The molecule has 3 heterocycles. The first-order valence-electron chi connectivity index (χ1n) is 7.32. The maximum absolute atomic E-state index is 9.25. The van der Waals surface area contributed by atoms with Crippen molar-refractivity contribution in [3.05, 3.63) is 22.3 Å². The molecule has 0 bridgehead atoms. The molecule has 4 nitrogen and oxygen atoms in total. The zero-order valence-corrected chi connectivity index (χ0v) is 13.1. The Hall–Kier alpha value is -1.12. The molecule has 0 aliphatic carbocycles. The lowest BCUT2D eigenvalue weighted by Gasteiger charge is -2.37. The third-order valence-corrected chi connectivity index (χ3v) is 4.81. The highest BCUT2D eigenvalue weighted by atomic mass is 79.9. The number of anilines is 1. The SMILES string of the molecule is N#Cc1cc(Br)cnc1N1CCC(N2CCCC2)CC1. The van der Waals surface area contributed by atoms with Gasteiger partial charge in [-0.1, -0.05) is 0 Å². The van der Waals surface area contributed by atoms with Crippen LogP contribution in [0.4, 0.5) is 5.82 Å². The molecular weight excluding hydrogens is 316 g/mol. The number of aromatic nitrogens is 1. The Bertz CT molecular complexity index is 511. The molecule has 2 fully saturated rings. The first-order chi connectivity index (χ1) is 9.78. The Morgan fingerprint density at radius 1 is 1.20 bits per heavy atom. The molecule has 0 aromatic carbocycles. The fraction of sp³-hybridized carbons (Fsp3) is 0.600. The van der Waals surface area contributed by atoms with Gasteiger partial charge in [0, 0.05) is 29.8 Å². The van der Waals surface area contributed by atoms with E-state index >= 15 is 0 Å². The standard InChI is InChI=1S/C15H19BrN4/c16-13-9-12(10-17)15(18-11-13)20-7-3-14(4-8-20)19-5-1-2-6-19/h9,11,14H,1-8H2. The summed E-state index contributed by atoms with van der Waals surface area (Å²) >= 11 is 3.38. The van der Waals surface area contributed by atoms with E-state index in [1.54, 1.807) is 6.20 Å². The molecule has 0 amide bonds. The summed E-state index contributed by atoms with van der Waals surface area (Å²) in [4.78, 5) is 9.34. The Labute approximate surface area is 128 Å². The van der Waals surface area contributed by atoms with E-state index in [9.17, 15) is 5.26 Å². The highest BCUT2D eigenvalue weighted by Crippen LogP contribution is 2.26. The fourth-order valence-corrected chi connectivity index (χ4v) is 3.65. The molecule has 2 aliphatic rings. The largest absolute Gasteiger partial charge is 0.355 e. The van der Waals surface area contributed by atoms with Gasteiger partial charge in [-0.2, -0.15) is 5.26 Å². The molecule has 3 rings (SSSR count). The summed E-state index contributed by atoms with van der Waals surface area (Å²) in [7, 11) is 0. The molecule has 1 aromatic heterocycles. The zero-order chi connectivity index (χ0) is 13.9. The minimum atomic E-state index is 0.666. The number of piperidine rings is 1. The van der Waals surface area contributed by atoms with Gasteiger partial charge in [-0.15, -0.1) is 0 Å². The van der Waals surface area contributed by atoms with Crippen LogP contribution in [0.15, 0.2) is 16.7 Å². The summed E-state index contributed by atoms with van der Waals surface area (Å²) in [6.07, 6.45) is 6.86. The highest BCUT2D eigenvalue weighted by Gasteiger charge is 2.27. The van der Waals surface area contributed by atoms with Crippen molar-refractivity contribution >= 4 is 21.7 Å². The lowest BCUT2D eigenvalue weighted by molar-refractivity contribution is 0.207. The average molecular weight is 335 g/mol. The first kappa shape index (κ1) is 13.8. The Balaban J connectivity index is 1.67. The molecule has 20 heavy (non-hydrogen) atoms. The number of nitrogens with zero attached hydrogens (tertiary/aromatic N) is 4. The molecule has 2 saturated heterocycles. The molecule has 106 valence electrons. The quantitative estimate of drug-likeness (QED) is 0.834. The molecular formula is C15H19BrN4. The topological polar surface area (TPSA) is 43.2 Å². The van der Waals surface area contributed by atoms with Crippen molar-refractivity contribution in [1.29, 1.82) is 5.26 Å². The van der Waals surface area contributed by atoms with E-state index in [0.717, 1.165) is 29.4 Å². The van der Waals surface area contributed by atoms with E-state index in [4.69, 9.17) is 0 Å². The zero-order valence-electron chi connectivity index (χ0n) is 11.6. The molecule has 2 aliphatic heterocycles. The van der Waals surface area contributed by atoms with Gasteiger partial charge in [0.2, 0.25) is 0 Å². The van der Waals surface area contributed by atoms with Crippen LogP contribution in [0.2, 0.25) is 0 Å². The van der Waals surface area contributed by atoms with Gasteiger partial charge in [0.1, 0.15) is 11.9 Å². The van der Waals surface area contributed by atoms with Gasteiger partial charge in [0.15, 0.2) is 0 Å². The van der Waals surface area contributed by atoms with Gasteiger partial charge in [-0.25, -0.2) is 4.98 Å². The monoisotopic (exact) mass is 334 g/mol. The number of halogens is 1. The van der Waals surface area contributed by atoms with Crippen molar-refractivity contribution in [3.8, 4) is 6.07 Å². The van der Waals surface area contributed by atoms with E-state index in [-0.39, 0.29) is 0 Å². The minimum Gasteiger partial charge on any atom is -0.355 e. The third kappa shape index (κ3) is 2.82. The van der Waals surface area contributed by atoms with Gasteiger partial charge >= 0.3 is 0 Å². The van der Waals surface area contributed by atoms with Crippen LogP contribution < -0.4 is 4.90 Å². The second kappa shape index (κ2) is 6.11. The van der Waals surface area contributed by atoms with Crippen molar-refractivity contribution in [1.82, 2.24) is 9.88 Å². The Morgan fingerprint density at radius 3 is 2.55 bits per heavy atom. The summed E-state index contributed by atoms with van der Waals surface area (Å²) in [5.74, 6) is 0.843. The molecule has 5 heteroatoms. The van der Waals surface area contributed by atoms with E-state index in [1.165, 1.54) is 38.8 Å². The van der Waals surface area contributed by atoms with Gasteiger partial charge in [0.05, 0.1) is 5.56 Å². The molecule has 0 spiro atoms. The minimum absolute atomic E-state index is 0.666. The van der Waals surface area contributed by atoms with Crippen LogP contribution in [0.25, 0.3) is 0 Å². The number of rotatable bonds is 2. The van der Waals surface area contributed by atoms with Gasteiger partial charge in [-0.05, 0) is 60.8 Å². The highest BCUT2D eigenvalue weighted by molar-refractivity contribution is 9.10. The molecule has 1 aromatic rings. The predicted molar refractivity (Wildman–Crippen MR) is 82.7 cm³/mol. The lowest BCUT2D eigenvalue weighted by atomic mass is 10.0. The van der Waals surface area contributed by atoms with Crippen LogP contribution in [-0.4, -0.2) is 42.1 Å². The predicted octanol–water partition coefficient (Wildman–Crippen LogP) is 2.78. The normalized spacial score (nSPS) is 21.1. The van der Waals surface area contributed by atoms with Gasteiger partial charge in [-0.3, -0.25) is 0 Å². The molecule has 0 saturated carbocycles. The summed E-state index contributed by atoms with van der Waals surface area (Å²) in [5.41, 5.74) is 0.666. The van der Waals surface area contributed by atoms with Crippen LogP contribution >= 0.6 is 15.9 Å². The van der Waals surface area contributed by atoms with Crippen LogP contribution in [0.5, 0.6) is 0 Å². The third-order valence-electron chi connectivity index (χ3n) is 4.37. The summed E-state index contributed by atoms with van der Waals surface area (Å²) < 4.78 is 0.866. The second-order valence-electron chi connectivity index (χ2n) is 5.60. The summed E-state index contributed by atoms with van der Waals surface area (Å²) in [6, 6.07) is 4.84. The van der Waals surface area contributed by atoms with Crippen molar-refractivity contribution in [2.24, 2.45) is 0 Å². The van der Waals surface area contributed by atoms with E-state index in [1.807, 2.05) is 6.07 Å². The second-order valence-corrected chi connectivity index (χ2v) is 6.51. The van der Waals surface area contributed by atoms with Gasteiger partial charge < -0.3 is 9.80 Å². The lowest BCUT2D eigenvalue weighted by Crippen LogP contribution is -2.44. The van der Waals surface area contributed by atoms with Crippen LogP contribution in [0.1, 0.15) is 31.2 Å². The summed E-state index contributed by atoms with van der Waals surface area (Å²) in [5, 5.41) is 9.25. The van der Waals surface area contributed by atoms with Crippen LogP contribution in [-0.2, 0) is 0 Å². The van der Waals surface area contributed by atoms with Crippen molar-refractivity contribution < 1.29 is 0 Å². The fourth-order valence-electron chi connectivity index (χ4n) is 3.32. The van der Waals surface area contributed by atoms with E-state index < -0.39 is 0 Å². The van der Waals surface area contributed by atoms with E-state index in [2.05, 4.69) is 36.8 Å². The van der Waals surface area contributed by atoms with Crippen molar-refractivity contribution in [2.45, 2.75) is 31.7 Å². The Morgan fingerprint density at radius 2 is 1.90 bits per heavy atom. The number of hydrogen-bond acceptors (Lipinski definition) is 4. The number of likely N-dealkylation sites (tertiary alicyclic amines) is 1. The number of hydrogen-bond donors (Lipinski definition) is 0. The average Bonchev–Trinajstić information content (AvgIpc) is 3.01. The van der Waals surface area contributed by atoms with Crippen molar-refractivity contribution in [2.75, 3.05) is 31.1 Å². The number of nitriles is 1. The van der Waals surface area contributed by atoms with Gasteiger partial charge in [0.25, 0.3) is 0 Å².